The molecule has 20 heavy (non-hydrogen) atoms. The predicted octanol–water partition coefficient (Wildman–Crippen LogP) is 4.11. The Morgan fingerprint density at radius 2 is 1.90 bits per heavy atom. The van der Waals surface area contributed by atoms with Crippen LogP contribution in [0.2, 0.25) is 0 Å². The molecule has 3 rings (SSSR count). The number of benzene rings is 2. The third-order valence-electron chi connectivity index (χ3n) is 3.04. The summed E-state index contributed by atoms with van der Waals surface area (Å²) in [5, 5.41) is 0. The maximum atomic E-state index is 10.8. The van der Waals surface area contributed by atoms with E-state index in [1.54, 1.807) is 18.3 Å². The number of nitrogens with zero attached hydrogens (tertiary/aromatic N) is 2. The van der Waals surface area contributed by atoms with Crippen LogP contribution < -0.4 is 0 Å². The first-order valence-electron chi connectivity index (χ1n) is 6.13. The van der Waals surface area contributed by atoms with Crippen LogP contribution >= 0.6 is 15.9 Å². The van der Waals surface area contributed by atoms with Crippen molar-refractivity contribution in [3.63, 3.8) is 0 Å². The molecule has 0 bridgehead atoms. The van der Waals surface area contributed by atoms with Gasteiger partial charge in [-0.3, -0.25) is 9.36 Å². The summed E-state index contributed by atoms with van der Waals surface area (Å²) in [6.45, 7) is 0. The summed E-state index contributed by atoms with van der Waals surface area (Å²) >= 11 is 3.51. The van der Waals surface area contributed by atoms with Crippen LogP contribution in [0.15, 0.2) is 65.4 Å². The molecule has 0 saturated carbocycles. The Bertz CT molecular complexity index is 750. The summed E-state index contributed by atoms with van der Waals surface area (Å²) in [6.07, 6.45) is 4.51. The molecule has 0 N–H and O–H groups in total. The summed E-state index contributed by atoms with van der Waals surface area (Å²) in [6, 6.07) is 15.5. The third kappa shape index (κ3) is 2.30. The van der Waals surface area contributed by atoms with E-state index >= 15 is 0 Å². The Morgan fingerprint density at radius 1 is 1.10 bits per heavy atom. The van der Waals surface area contributed by atoms with E-state index in [1.807, 2.05) is 47.2 Å². The molecule has 0 fully saturated rings. The standard InChI is InChI=1S/C16H11BrN2O/c17-14-10-12(11-20)6-7-15(14)19-9-8-18-16(19)13-4-2-1-3-5-13/h1-11H. The van der Waals surface area contributed by atoms with Crippen molar-refractivity contribution in [2.45, 2.75) is 0 Å². The minimum atomic E-state index is 0.641. The Kier molecular flexibility index (Phi) is 3.48. The molecule has 0 aliphatic carbocycles. The van der Waals surface area contributed by atoms with E-state index in [1.165, 1.54) is 0 Å². The quantitative estimate of drug-likeness (QED) is 0.679. The minimum absolute atomic E-state index is 0.641. The van der Waals surface area contributed by atoms with Crippen molar-refractivity contribution >= 4 is 22.2 Å². The fraction of sp³-hybridized carbons (Fsp3) is 0. The predicted molar refractivity (Wildman–Crippen MR) is 82.1 cm³/mol. The first-order valence-corrected chi connectivity index (χ1v) is 6.93. The van der Waals surface area contributed by atoms with Gasteiger partial charge in [0.1, 0.15) is 12.1 Å². The van der Waals surface area contributed by atoms with Crippen molar-refractivity contribution in [2.75, 3.05) is 0 Å². The SMILES string of the molecule is O=Cc1ccc(-n2ccnc2-c2ccccc2)c(Br)c1. The van der Waals surface area contributed by atoms with Gasteiger partial charge in [-0.2, -0.15) is 0 Å². The molecule has 0 amide bonds. The zero-order valence-corrected chi connectivity index (χ0v) is 12.1. The molecule has 4 heteroatoms. The fourth-order valence-corrected chi connectivity index (χ4v) is 2.68. The van der Waals surface area contributed by atoms with Gasteiger partial charge in [0.15, 0.2) is 0 Å². The third-order valence-corrected chi connectivity index (χ3v) is 3.68. The highest BCUT2D eigenvalue weighted by atomic mass is 79.9. The van der Waals surface area contributed by atoms with Gasteiger partial charge >= 0.3 is 0 Å². The Balaban J connectivity index is 2.13. The van der Waals surface area contributed by atoms with Crippen LogP contribution in [0.1, 0.15) is 10.4 Å². The highest BCUT2D eigenvalue weighted by Gasteiger charge is 2.10. The summed E-state index contributed by atoms with van der Waals surface area (Å²) in [4.78, 5) is 15.2. The number of aldehydes is 1. The van der Waals surface area contributed by atoms with Crippen molar-refractivity contribution < 1.29 is 4.79 Å². The molecule has 0 atom stereocenters. The van der Waals surface area contributed by atoms with Crippen LogP contribution in [0.4, 0.5) is 0 Å². The van der Waals surface area contributed by atoms with Crippen LogP contribution in [0.3, 0.4) is 0 Å². The van der Waals surface area contributed by atoms with Crippen molar-refractivity contribution in [3.8, 4) is 17.1 Å². The molecule has 0 saturated heterocycles. The lowest BCUT2D eigenvalue weighted by Gasteiger charge is -2.10. The number of imidazole rings is 1. The van der Waals surface area contributed by atoms with Crippen LogP contribution in [0.25, 0.3) is 17.1 Å². The molecule has 0 aliphatic heterocycles. The lowest BCUT2D eigenvalue weighted by atomic mass is 10.2. The first kappa shape index (κ1) is 12.8. The van der Waals surface area contributed by atoms with Gasteiger partial charge in [-0.15, -0.1) is 0 Å². The number of aromatic nitrogens is 2. The van der Waals surface area contributed by atoms with Gasteiger partial charge in [0.25, 0.3) is 0 Å². The average Bonchev–Trinajstić information content (AvgIpc) is 2.97. The molecule has 3 nitrogen and oxygen atoms in total. The van der Waals surface area contributed by atoms with Gasteiger partial charge in [0, 0.05) is 28.0 Å². The van der Waals surface area contributed by atoms with Gasteiger partial charge in [-0.1, -0.05) is 30.3 Å². The van der Waals surface area contributed by atoms with Gasteiger partial charge in [-0.05, 0) is 34.1 Å². The second-order valence-electron chi connectivity index (χ2n) is 4.32. The maximum Gasteiger partial charge on any atom is 0.150 e. The molecule has 0 radical (unpaired) electrons. The molecule has 0 spiro atoms. The lowest BCUT2D eigenvalue weighted by molar-refractivity contribution is 0.112. The van der Waals surface area contributed by atoms with E-state index in [0.29, 0.717) is 5.56 Å². The maximum absolute atomic E-state index is 10.8. The number of hydrogen-bond acceptors (Lipinski definition) is 2. The van der Waals surface area contributed by atoms with Crippen LogP contribution in [-0.4, -0.2) is 15.8 Å². The lowest BCUT2D eigenvalue weighted by Crippen LogP contribution is -1.98. The van der Waals surface area contributed by atoms with Crippen LogP contribution in [-0.2, 0) is 0 Å². The molecule has 2 aromatic carbocycles. The van der Waals surface area contributed by atoms with Crippen LogP contribution in [0.5, 0.6) is 0 Å². The van der Waals surface area contributed by atoms with E-state index in [4.69, 9.17) is 0 Å². The number of halogens is 1. The van der Waals surface area contributed by atoms with E-state index in [9.17, 15) is 4.79 Å². The highest BCUT2D eigenvalue weighted by molar-refractivity contribution is 9.10. The largest absolute Gasteiger partial charge is 0.299 e. The topological polar surface area (TPSA) is 34.9 Å². The Labute approximate surface area is 125 Å². The van der Waals surface area contributed by atoms with Gasteiger partial charge in [0.2, 0.25) is 0 Å². The Hall–Kier alpha value is -2.20. The zero-order chi connectivity index (χ0) is 13.9. The zero-order valence-electron chi connectivity index (χ0n) is 10.5. The highest BCUT2D eigenvalue weighted by Crippen LogP contribution is 2.27. The van der Waals surface area contributed by atoms with Crippen molar-refractivity contribution in [1.29, 1.82) is 0 Å². The molecule has 1 aromatic heterocycles. The van der Waals surface area contributed by atoms with E-state index in [2.05, 4.69) is 20.9 Å². The van der Waals surface area contributed by atoms with Crippen molar-refractivity contribution in [1.82, 2.24) is 9.55 Å². The second kappa shape index (κ2) is 5.43. The summed E-state index contributed by atoms with van der Waals surface area (Å²) in [7, 11) is 0. The van der Waals surface area contributed by atoms with E-state index in [-0.39, 0.29) is 0 Å². The minimum Gasteiger partial charge on any atom is -0.299 e. The van der Waals surface area contributed by atoms with E-state index < -0.39 is 0 Å². The van der Waals surface area contributed by atoms with E-state index in [0.717, 1.165) is 27.8 Å². The molecule has 0 unspecified atom stereocenters. The Morgan fingerprint density at radius 3 is 2.60 bits per heavy atom. The summed E-state index contributed by atoms with van der Waals surface area (Å²) in [5.74, 6) is 0.866. The normalized spacial score (nSPS) is 10.4. The smallest absolute Gasteiger partial charge is 0.150 e. The monoisotopic (exact) mass is 326 g/mol. The number of rotatable bonds is 3. The number of carbonyl (C=O) groups excluding carboxylic acids is 1. The van der Waals surface area contributed by atoms with Crippen LogP contribution in [0, 0.1) is 0 Å². The second-order valence-corrected chi connectivity index (χ2v) is 5.17. The fourth-order valence-electron chi connectivity index (χ4n) is 2.09. The molecule has 3 aromatic rings. The molecule has 1 heterocycles. The molecule has 98 valence electrons. The van der Waals surface area contributed by atoms with Gasteiger partial charge < -0.3 is 0 Å². The van der Waals surface area contributed by atoms with Gasteiger partial charge in [0.05, 0.1) is 5.69 Å². The summed E-state index contributed by atoms with van der Waals surface area (Å²) < 4.78 is 2.85. The first-order chi connectivity index (χ1) is 9.79. The average molecular weight is 327 g/mol. The van der Waals surface area contributed by atoms with Crippen molar-refractivity contribution in [2.24, 2.45) is 0 Å². The van der Waals surface area contributed by atoms with Crippen molar-refractivity contribution in [3.05, 3.63) is 71.0 Å². The molecular formula is C16H11BrN2O. The number of hydrogen-bond donors (Lipinski definition) is 0. The molecule has 0 aliphatic rings. The number of carbonyl (C=O) groups is 1. The molecular weight excluding hydrogens is 316 g/mol. The van der Waals surface area contributed by atoms with Gasteiger partial charge in [-0.25, -0.2) is 4.98 Å². The summed E-state index contributed by atoms with van der Waals surface area (Å²) in [5.41, 5.74) is 2.64.